The van der Waals surface area contributed by atoms with Crippen molar-refractivity contribution in [1.82, 2.24) is 20.5 Å². The second kappa shape index (κ2) is 7.61. The van der Waals surface area contributed by atoms with E-state index in [1.807, 2.05) is 31.2 Å². The molecule has 2 heterocycles. The van der Waals surface area contributed by atoms with E-state index in [-0.39, 0.29) is 12.0 Å². The fourth-order valence-corrected chi connectivity index (χ4v) is 2.99. The van der Waals surface area contributed by atoms with Crippen LogP contribution in [0.5, 0.6) is 0 Å². The fourth-order valence-electron chi connectivity index (χ4n) is 2.37. The zero-order valence-electron chi connectivity index (χ0n) is 13.0. The number of nitrogens with one attached hydrogen (secondary N) is 2. The van der Waals surface area contributed by atoms with Crippen molar-refractivity contribution in [3.05, 3.63) is 29.8 Å². The molecule has 1 aromatic heterocycles. The Hall–Kier alpha value is -1.86. The summed E-state index contributed by atoms with van der Waals surface area (Å²) in [6.07, 6.45) is 2.27. The highest BCUT2D eigenvalue weighted by Gasteiger charge is 2.16. The molecule has 1 saturated heterocycles. The number of aromatic amines is 1. The van der Waals surface area contributed by atoms with Crippen molar-refractivity contribution in [3.8, 4) is 11.4 Å². The molecule has 1 amide bonds. The first kappa shape index (κ1) is 16.0. The zero-order chi connectivity index (χ0) is 16.1. The summed E-state index contributed by atoms with van der Waals surface area (Å²) in [7, 11) is 0. The van der Waals surface area contributed by atoms with Crippen LogP contribution in [-0.2, 0) is 9.53 Å². The fraction of sp³-hybridized carbons (Fsp3) is 0.438. The number of rotatable bonds is 6. The van der Waals surface area contributed by atoms with E-state index in [1.165, 1.54) is 17.3 Å². The zero-order valence-corrected chi connectivity index (χ0v) is 13.9. The highest BCUT2D eigenvalue weighted by Crippen LogP contribution is 2.19. The van der Waals surface area contributed by atoms with Gasteiger partial charge in [0.25, 0.3) is 0 Å². The number of H-pyrrole nitrogens is 1. The number of carbonyl (C=O) groups is 1. The predicted molar refractivity (Wildman–Crippen MR) is 89.3 cm³/mol. The number of thioether (sulfide) groups is 1. The van der Waals surface area contributed by atoms with Gasteiger partial charge in [0.05, 0.1) is 11.9 Å². The Bertz CT molecular complexity index is 650. The van der Waals surface area contributed by atoms with Crippen molar-refractivity contribution in [2.45, 2.75) is 31.0 Å². The van der Waals surface area contributed by atoms with Crippen LogP contribution in [0.25, 0.3) is 11.4 Å². The molecule has 0 saturated carbocycles. The number of carbonyl (C=O) groups excluding carboxylic acids is 1. The lowest BCUT2D eigenvalue weighted by Gasteiger charge is -2.09. The topological polar surface area (TPSA) is 79.9 Å². The van der Waals surface area contributed by atoms with Crippen LogP contribution >= 0.6 is 11.8 Å². The average molecular weight is 332 g/mol. The van der Waals surface area contributed by atoms with Crippen LogP contribution in [0, 0.1) is 6.92 Å². The van der Waals surface area contributed by atoms with Crippen LogP contribution in [0.4, 0.5) is 0 Å². The molecule has 1 fully saturated rings. The molecular formula is C16H20N4O2S. The molecule has 7 heteroatoms. The molecule has 2 N–H and O–H groups in total. The lowest BCUT2D eigenvalue weighted by atomic mass is 10.1. The van der Waals surface area contributed by atoms with Crippen molar-refractivity contribution in [2.75, 3.05) is 18.9 Å². The van der Waals surface area contributed by atoms with Crippen LogP contribution in [0.15, 0.2) is 29.4 Å². The largest absolute Gasteiger partial charge is 0.376 e. The summed E-state index contributed by atoms with van der Waals surface area (Å²) < 4.78 is 5.48. The van der Waals surface area contributed by atoms with Gasteiger partial charge in [-0.25, -0.2) is 4.98 Å². The van der Waals surface area contributed by atoms with Crippen LogP contribution < -0.4 is 5.32 Å². The number of ether oxygens (including phenoxy) is 1. The lowest BCUT2D eigenvalue weighted by Crippen LogP contribution is -2.32. The third-order valence-corrected chi connectivity index (χ3v) is 4.52. The molecule has 0 radical (unpaired) electrons. The minimum absolute atomic E-state index is 0.0211. The molecule has 0 bridgehead atoms. The number of aromatic nitrogens is 3. The molecule has 0 spiro atoms. The molecule has 3 rings (SSSR count). The molecule has 1 aliphatic heterocycles. The first-order chi connectivity index (χ1) is 11.2. The number of hydrogen-bond donors (Lipinski definition) is 2. The predicted octanol–water partition coefficient (Wildman–Crippen LogP) is 2.17. The summed E-state index contributed by atoms with van der Waals surface area (Å²) in [6.45, 7) is 3.43. The van der Waals surface area contributed by atoms with E-state index in [0.29, 0.717) is 23.3 Å². The monoisotopic (exact) mass is 332 g/mol. The van der Waals surface area contributed by atoms with E-state index in [4.69, 9.17) is 4.74 Å². The van der Waals surface area contributed by atoms with Crippen LogP contribution in [-0.4, -0.2) is 46.1 Å². The number of amides is 1. The van der Waals surface area contributed by atoms with Gasteiger partial charge in [-0.15, -0.1) is 5.10 Å². The molecule has 1 aromatic carbocycles. The maximum absolute atomic E-state index is 11.8. The van der Waals surface area contributed by atoms with Gasteiger partial charge in [-0.05, 0) is 19.8 Å². The van der Waals surface area contributed by atoms with Crippen molar-refractivity contribution in [2.24, 2.45) is 0 Å². The van der Waals surface area contributed by atoms with Crippen molar-refractivity contribution in [3.63, 3.8) is 0 Å². The molecule has 1 atom stereocenters. The van der Waals surface area contributed by atoms with E-state index < -0.39 is 0 Å². The summed E-state index contributed by atoms with van der Waals surface area (Å²) in [5, 5.41) is 10.5. The molecule has 1 unspecified atom stereocenters. The number of aryl methyl sites for hydroxylation is 1. The quantitative estimate of drug-likeness (QED) is 0.793. The third-order valence-electron chi connectivity index (χ3n) is 3.67. The Labute approximate surface area is 139 Å². The highest BCUT2D eigenvalue weighted by atomic mass is 32.2. The van der Waals surface area contributed by atoms with Crippen LogP contribution in [0.2, 0.25) is 0 Å². The molecule has 0 aliphatic carbocycles. The first-order valence-electron chi connectivity index (χ1n) is 7.71. The maximum Gasteiger partial charge on any atom is 0.230 e. The highest BCUT2D eigenvalue weighted by molar-refractivity contribution is 7.99. The second-order valence-corrected chi connectivity index (χ2v) is 6.50. The van der Waals surface area contributed by atoms with Gasteiger partial charge < -0.3 is 10.1 Å². The Balaban J connectivity index is 1.47. The minimum atomic E-state index is -0.0211. The second-order valence-electron chi connectivity index (χ2n) is 5.56. The van der Waals surface area contributed by atoms with Gasteiger partial charge in [-0.1, -0.05) is 41.6 Å². The SMILES string of the molecule is Cc1ccc(-c2nc(SCC(=O)NCC3CCCO3)n[nH]2)cc1. The van der Waals surface area contributed by atoms with Crippen molar-refractivity contribution in [1.29, 1.82) is 0 Å². The van der Waals surface area contributed by atoms with Gasteiger partial charge in [-0.3, -0.25) is 9.89 Å². The standard InChI is InChI=1S/C16H20N4O2S/c1-11-4-6-12(7-5-11)15-18-16(20-19-15)23-10-14(21)17-9-13-3-2-8-22-13/h4-7,13H,2-3,8-10H2,1H3,(H,17,21)(H,18,19,20). The molecule has 122 valence electrons. The van der Waals surface area contributed by atoms with Gasteiger partial charge in [0.1, 0.15) is 0 Å². The Morgan fingerprint density at radius 3 is 3.00 bits per heavy atom. The smallest absolute Gasteiger partial charge is 0.230 e. The first-order valence-corrected chi connectivity index (χ1v) is 8.70. The number of benzene rings is 1. The molecule has 2 aromatic rings. The normalized spacial score (nSPS) is 17.3. The Morgan fingerprint density at radius 1 is 1.43 bits per heavy atom. The molecule has 6 nitrogen and oxygen atoms in total. The maximum atomic E-state index is 11.8. The van der Waals surface area contributed by atoms with Crippen molar-refractivity contribution < 1.29 is 9.53 Å². The Morgan fingerprint density at radius 2 is 2.26 bits per heavy atom. The van der Waals surface area contributed by atoms with Gasteiger partial charge in [0, 0.05) is 18.7 Å². The summed E-state index contributed by atoms with van der Waals surface area (Å²) in [4.78, 5) is 16.2. The van der Waals surface area contributed by atoms with E-state index in [1.54, 1.807) is 0 Å². The van der Waals surface area contributed by atoms with Crippen LogP contribution in [0.3, 0.4) is 0 Å². The van der Waals surface area contributed by atoms with E-state index >= 15 is 0 Å². The molecular weight excluding hydrogens is 312 g/mol. The van der Waals surface area contributed by atoms with Gasteiger partial charge in [0.2, 0.25) is 11.1 Å². The van der Waals surface area contributed by atoms with Gasteiger partial charge >= 0.3 is 0 Å². The average Bonchev–Trinajstić information content (AvgIpc) is 3.23. The summed E-state index contributed by atoms with van der Waals surface area (Å²) in [6, 6.07) is 8.06. The van der Waals surface area contributed by atoms with E-state index in [9.17, 15) is 4.79 Å². The lowest BCUT2D eigenvalue weighted by molar-refractivity contribution is -0.119. The Kier molecular flexibility index (Phi) is 5.30. The third kappa shape index (κ3) is 4.56. The summed E-state index contributed by atoms with van der Waals surface area (Å²) in [5.41, 5.74) is 2.18. The summed E-state index contributed by atoms with van der Waals surface area (Å²) in [5.74, 6) is 0.997. The molecule has 23 heavy (non-hydrogen) atoms. The van der Waals surface area contributed by atoms with E-state index in [0.717, 1.165) is 25.0 Å². The number of nitrogens with zero attached hydrogens (tertiary/aromatic N) is 2. The number of hydrogen-bond acceptors (Lipinski definition) is 5. The summed E-state index contributed by atoms with van der Waals surface area (Å²) >= 11 is 1.32. The minimum Gasteiger partial charge on any atom is -0.376 e. The molecule has 1 aliphatic rings. The van der Waals surface area contributed by atoms with Gasteiger partial charge in [0.15, 0.2) is 5.82 Å². The van der Waals surface area contributed by atoms with Crippen molar-refractivity contribution >= 4 is 17.7 Å². The van der Waals surface area contributed by atoms with Crippen LogP contribution in [0.1, 0.15) is 18.4 Å². The van der Waals surface area contributed by atoms with Gasteiger partial charge in [-0.2, -0.15) is 0 Å². The van der Waals surface area contributed by atoms with E-state index in [2.05, 4.69) is 20.5 Å².